The number of amides is 2. The van der Waals surface area contributed by atoms with Gasteiger partial charge in [-0.15, -0.1) is 0 Å². The van der Waals surface area contributed by atoms with E-state index in [1.165, 1.54) is 0 Å². The molecule has 0 spiro atoms. The number of aromatic nitrogens is 1. The fraction of sp³-hybridized carbons (Fsp3) is 0.500. The molecule has 4 atom stereocenters. The first-order valence-electron chi connectivity index (χ1n) is 12.2. The van der Waals surface area contributed by atoms with Gasteiger partial charge in [0.25, 0.3) is 0 Å². The first-order chi connectivity index (χ1) is 17.1. The van der Waals surface area contributed by atoms with Crippen LogP contribution < -0.4 is 15.4 Å². The molecule has 2 aromatic rings. The fourth-order valence-corrected chi connectivity index (χ4v) is 5.15. The third-order valence-corrected chi connectivity index (χ3v) is 6.98. The van der Waals surface area contributed by atoms with Crippen LogP contribution in [0.4, 0.5) is 5.69 Å². The SMILES string of the molecule is O=C(C[C@H]1C[C@@H]2c3cc(NC(=O)C4CCOCC4)ccc3O[C@@H]2[C@@H](CO)O1)NCc1cccnc1. The first-order valence-corrected chi connectivity index (χ1v) is 12.2. The zero-order valence-electron chi connectivity index (χ0n) is 19.5. The monoisotopic (exact) mass is 481 g/mol. The molecule has 2 fully saturated rings. The lowest BCUT2D eigenvalue weighted by molar-refractivity contribution is -0.142. The fourth-order valence-electron chi connectivity index (χ4n) is 5.15. The second-order valence-corrected chi connectivity index (χ2v) is 9.37. The molecule has 186 valence electrons. The van der Waals surface area contributed by atoms with Crippen LogP contribution >= 0.6 is 0 Å². The summed E-state index contributed by atoms with van der Waals surface area (Å²) in [4.78, 5) is 29.3. The predicted molar refractivity (Wildman–Crippen MR) is 127 cm³/mol. The molecule has 0 unspecified atom stereocenters. The van der Waals surface area contributed by atoms with Gasteiger partial charge in [0, 0.05) is 55.2 Å². The molecular formula is C26H31N3O6. The largest absolute Gasteiger partial charge is 0.487 e. The zero-order chi connectivity index (χ0) is 24.2. The highest BCUT2D eigenvalue weighted by Crippen LogP contribution is 2.47. The second-order valence-electron chi connectivity index (χ2n) is 9.37. The summed E-state index contributed by atoms with van der Waals surface area (Å²) in [6.07, 6.45) is 4.43. The highest BCUT2D eigenvalue weighted by Gasteiger charge is 2.46. The van der Waals surface area contributed by atoms with Crippen molar-refractivity contribution in [2.75, 3.05) is 25.1 Å². The van der Waals surface area contributed by atoms with Crippen LogP contribution in [0.15, 0.2) is 42.7 Å². The van der Waals surface area contributed by atoms with Crippen molar-refractivity contribution in [3.63, 3.8) is 0 Å². The Hall–Kier alpha value is -3.01. The number of aliphatic hydroxyl groups is 1. The Morgan fingerprint density at radius 1 is 1.17 bits per heavy atom. The number of rotatable bonds is 7. The van der Waals surface area contributed by atoms with Gasteiger partial charge in [0.15, 0.2) is 0 Å². The van der Waals surface area contributed by atoms with Gasteiger partial charge in [0.05, 0.1) is 19.1 Å². The van der Waals surface area contributed by atoms with E-state index in [4.69, 9.17) is 14.2 Å². The number of ether oxygens (including phenoxy) is 3. The van der Waals surface area contributed by atoms with E-state index >= 15 is 0 Å². The van der Waals surface area contributed by atoms with E-state index in [2.05, 4.69) is 15.6 Å². The van der Waals surface area contributed by atoms with E-state index in [0.717, 1.165) is 35.4 Å². The third kappa shape index (κ3) is 5.47. The smallest absolute Gasteiger partial charge is 0.227 e. The molecule has 35 heavy (non-hydrogen) atoms. The van der Waals surface area contributed by atoms with Crippen molar-refractivity contribution in [1.82, 2.24) is 10.3 Å². The van der Waals surface area contributed by atoms with Crippen LogP contribution in [-0.2, 0) is 25.6 Å². The van der Waals surface area contributed by atoms with E-state index < -0.39 is 6.10 Å². The Labute approximate surface area is 204 Å². The van der Waals surface area contributed by atoms with E-state index in [1.807, 2.05) is 30.3 Å². The molecule has 9 nitrogen and oxygen atoms in total. The lowest BCUT2D eigenvalue weighted by Gasteiger charge is -2.37. The molecule has 9 heteroatoms. The average Bonchev–Trinajstić information content (AvgIpc) is 3.26. The van der Waals surface area contributed by atoms with Crippen molar-refractivity contribution in [2.24, 2.45) is 5.92 Å². The molecule has 5 rings (SSSR count). The van der Waals surface area contributed by atoms with Gasteiger partial charge in [-0.05, 0) is 49.1 Å². The molecule has 3 aliphatic rings. The molecule has 3 N–H and O–H groups in total. The molecule has 1 aromatic heterocycles. The third-order valence-electron chi connectivity index (χ3n) is 6.98. The molecule has 0 saturated carbocycles. The normalized spacial score (nSPS) is 25.7. The van der Waals surface area contributed by atoms with E-state index in [0.29, 0.717) is 26.2 Å². The highest BCUT2D eigenvalue weighted by atomic mass is 16.6. The van der Waals surface area contributed by atoms with Crippen LogP contribution in [0, 0.1) is 5.92 Å². The van der Waals surface area contributed by atoms with Crippen molar-refractivity contribution in [1.29, 1.82) is 0 Å². The van der Waals surface area contributed by atoms with Gasteiger partial charge >= 0.3 is 0 Å². The van der Waals surface area contributed by atoms with Crippen LogP contribution in [0.25, 0.3) is 0 Å². The number of anilines is 1. The number of hydrogen-bond donors (Lipinski definition) is 3. The molecule has 0 radical (unpaired) electrons. The van der Waals surface area contributed by atoms with Crippen LogP contribution in [0.1, 0.15) is 42.7 Å². The molecule has 2 amide bonds. The maximum Gasteiger partial charge on any atom is 0.227 e. The van der Waals surface area contributed by atoms with Crippen LogP contribution in [0.2, 0.25) is 0 Å². The van der Waals surface area contributed by atoms with Gasteiger partial charge in [-0.2, -0.15) is 0 Å². The maximum atomic E-state index is 12.7. The Bertz CT molecular complexity index is 1040. The molecule has 0 bridgehead atoms. The summed E-state index contributed by atoms with van der Waals surface area (Å²) < 4.78 is 17.5. The standard InChI is InChI=1S/C26H31N3O6/c30-15-23-25-21(11-19(34-23)12-24(31)28-14-16-2-1-7-27-13-16)20-10-18(3-4-22(20)35-25)29-26(32)17-5-8-33-9-6-17/h1-4,7,10,13,17,19,21,23,25,30H,5-6,8-9,11-12,14-15H2,(H,28,31)(H,29,32)/t19-,21-,23-,25+/m1/s1. The summed E-state index contributed by atoms with van der Waals surface area (Å²) in [6, 6.07) is 9.39. The molecule has 0 aliphatic carbocycles. The topological polar surface area (TPSA) is 119 Å². The average molecular weight is 482 g/mol. The van der Waals surface area contributed by atoms with Gasteiger partial charge in [-0.3, -0.25) is 14.6 Å². The van der Waals surface area contributed by atoms with Crippen molar-refractivity contribution in [3.05, 3.63) is 53.9 Å². The minimum atomic E-state index is -0.530. The van der Waals surface area contributed by atoms with E-state index in [1.54, 1.807) is 12.4 Å². The van der Waals surface area contributed by atoms with E-state index in [-0.39, 0.29) is 48.9 Å². The summed E-state index contributed by atoms with van der Waals surface area (Å²) in [7, 11) is 0. The van der Waals surface area contributed by atoms with Crippen molar-refractivity contribution < 1.29 is 28.9 Å². The number of nitrogens with zero attached hydrogens (tertiary/aromatic N) is 1. The minimum Gasteiger partial charge on any atom is -0.487 e. The molecule has 2 saturated heterocycles. The first kappa shape index (κ1) is 23.7. The number of pyridine rings is 1. The number of carbonyl (C=O) groups is 2. The summed E-state index contributed by atoms with van der Waals surface area (Å²) in [6.45, 7) is 1.42. The highest BCUT2D eigenvalue weighted by molar-refractivity contribution is 5.92. The lowest BCUT2D eigenvalue weighted by Crippen LogP contribution is -2.47. The summed E-state index contributed by atoms with van der Waals surface area (Å²) in [5, 5.41) is 15.9. The Kier molecular flexibility index (Phi) is 7.26. The molecule has 3 aliphatic heterocycles. The zero-order valence-corrected chi connectivity index (χ0v) is 19.5. The minimum absolute atomic E-state index is 0.00657. The van der Waals surface area contributed by atoms with Gasteiger partial charge in [0.1, 0.15) is 18.0 Å². The molecular weight excluding hydrogens is 450 g/mol. The van der Waals surface area contributed by atoms with Gasteiger partial charge in [-0.25, -0.2) is 0 Å². The predicted octanol–water partition coefficient (Wildman–Crippen LogP) is 2.15. The number of aliphatic hydroxyl groups excluding tert-OH is 1. The Morgan fingerprint density at radius 3 is 2.80 bits per heavy atom. The number of fused-ring (bicyclic) bond motifs is 3. The lowest BCUT2D eigenvalue weighted by atomic mass is 9.84. The van der Waals surface area contributed by atoms with Crippen molar-refractivity contribution in [3.8, 4) is 5.75 Å². The summed E-state index contributed by atoms with van der Waals surface area (Å²) >= 11 is 0. The van der Waals surface area contributed by atoms with Crippen LogP contribution in [0.5, 0.6) is 5.75 Å². The Balaban J connectivity index is 1.24. The van der Waals surface area contributed by atoms with Gasteiger partial charge < -0.3 is 30.0 Å². The maximum absolute atomic E-state index is 12.7. The van der Waals surface area contributed by atoms with E-state index in [9.17, 15) is 14.7 Å². The van der Waals surface area contributed by atoms with Crippen LogP contribution in [-0.4, -0.2) is 60.0 Å². The van der Waals surface area contributed by atoms with Gasteiger partial charge in [0.2, 0.25) is 11.8 Å². The van der Waals surface area contributed by atoms with Crippen molar-refractivity contribution in [2.45, 2.75) is 56.5 Å². The second kappa shape index (κ2) is 10.7. The van der Waals surface area contributed by atoms with Crippen molar-refractivity contribution >= 4 is 17.5 Å². The number of nitrogens with one attached hydrogen (secondary N) is 2. The quantitative estimate of drug-likeness (QED) is 0.554. The number of carbonyl (C=O) groups excluding carboxylic acids is 2. The number of hydrogen-bond acceptors (Lipinski definition) is 7. The molecule has 4 heterocycles. The molecule has 1 aromatic carbocycles. The summed E-state index contributed by atoms with van der Waals surface area (Å²) in [5.74, 6) is 0.537. The Morgan fingerprint density at radius 2 is 2.03 bits per heavy atom. The van der Waals surface area contributed by atoms with Gasteiger partial charge in [-0.1, -0.05) is 6.07 Å². The summed E-state index contributed by atoms with van der Waals surface area (Å²) in [5.41, 5.74) is 2.62. The number of benzene rings is 1. The van der Waals surface area contributed by atoms with Crippen LogP contribution in [0.3, 0.4) is 0 Å².